The molecule has 1 fully saturated rings. The molecule has 0 amide bonds. The number of rotatable bonds is 3. The normalized spacial score (nSPS) is 35.7. The van der Waals surface area contributed by atoms with Crippen molar-refractivity contribution in [2.24, 2.45) is 5.92 Å². The van der Waals surface area contributed by atoms with Crippen LogP contribution in [0.2, 0.25) is 0 Å². The number of carbonyl (C=O) groups is 1. The van der Waals surface area contributed by atoms with Crippen molar-refractivity contribution in [3.05, 3.63) is 23.3 Å². The predicted octanol–water partition coefficient (Wildman–Crippen LogP) is 2.18. The number of hydrogen-bond donors (Lipinski definition) is 0. The number of aldehydes is 1. The number of likely N-dealkylation sites (tertiary alicyclic amines) is 1. The van der Waals surface area contributed by atoms with Gasteiger partial charge in [0.1, 0.15) is 0 Å². The van der Waals surface area contributed by atoms with Crippen molar-refractivity contribution in [1.29, 1.82) is 0 Å². The molecule has 0 radical (unpaired) electrons. The van der Waals surface area contributed by atoms with E-state index < -0.39 is 0 Å². The summed E-state index contributed by atoms with van der Waals surface area (Å²) >= 11 is 0. The zero-order valence-corrected chi connectivity index (χ0v) is 13.5. The highest BCUT2D eigenvalue weighted by Crippen LogP contribution is 2.60. The van der Waals surface area contributed by atoms with Crippen LogP contribution in [0.4, 0.5) is 0 Å². The van der Waals surface area contributed by atoms with Crippen molar-refractivity contribution in [3.63, 3.8) is 0 Å². The SMILES string of the molecule is CCC1C2Cc3ccc(OC)c4c3[C@]1(CCN2C)C(C=O)O4. The third-order valence-electron chi connectivity index (χ3n) is 6.21. The Morgan fingerprint density at radius 1 is 1.50 bits per heavy atom. The Hall–Kier alpha value is -1.55. The lowest BCUT2D eigenvalue weighted by atomic mass is 9.55. The number of hydrogen-bond acceptors (Lipinski definition) is 4. The summed E-state index contributed by atoms with van der Waals surface area (Å²) in [5.41, 5.74) is 2.44. The summed E-state index contributed by atoms with van der Waals surface area (Å²) in [6.07, 6.45) is 3.73. The van der Waals surface area contributed by atoms with E-state index in [1.54, 1.807) is 7.11 Å². The smallest absolute Gasteiger partial charge is 0.166 e. The standard InChI is InChI=1S/C18H23NO3/c1-4-12-13-9-11-5-6-14(21-3)17-16(11)18(12,7-8-19(13)2)15(10-20)22-17/h5-6,10,12-13,15H,4,7-9H2,1-3H3/t12?,13?,15?,18-/m0/s1. The van der Waals surface area contributed by atoms with Gasteiger partial charge in [0.15, 0.2) is 23.9 Å². The van der Waals surface area contributed by atoms with E-state index in [2.05, 4.69) is 24.9 Å². The molecule has 118 valence electrons. The van der Waals surface area contributed by atoms with E-state index in [1.165, 1.54) is 11.1 Å². The Morgan fingerprint density at radius 2 is 2.32 bits per heavy atom. The topological polar surface area (TPSA) is 38.8 Å². The number of methoxy groups -OCH3 is 1. The van der Waals surface area contributed by atoms with Crippen LogP contribution in [0, 0.1) is 5.92 Å². The van der Waals surface area contributed by atoms with Crippen LogP contribution in [-0.2, 0) is 16.6 Å². The van der Waals surface area contributed by atoms with Gasteiger partial charge in [-0.15, -0.1) is 0 Å². The molecule has 4 rings (SSSR count). The molecule has 2 aliphatic heterocycles. The van der Waals surface area contributed by atoms with Gasteiger partial charge in [-0.1, -0.05) is 19.4 Å². The Bertz CT molecular complexity index is 629. The first-order chi connectivity index (χ1) is 10.7. The summed E-state index contributed by atoms with van der Waals surface area (Å²) in [4.78, 5) is 14.3. The monoisotopic (exact) mass is 301 g/mol. The fraction of sp³-hybridized carbons (Fsp3) is 0.611. The first kappa shape index (κ1) is 14.1. The van der Waals surface area contributed by atoms with Crippen LogP contribution in [0.25, 0.3) is 0 Å². The average molecular weight is 301 g/mol. The average Bonchev–Trinajstić information content (AvgIpc) is 2.87. The zero-order chi connectivity index (χ0) is 15.5. The molecule has 1 aromatic rings. The maximum absolute atomic E-state index is 11.8. The van der Waals surface area contributed by atoms with Gasteiger partial charge in [-0.05, 0) is 44.0 Å². The van der Waals surface area contributed by atoms with Gasteiger partial charge in [0.2, 0.25) is 0 Å². The summed E-state index contributed by atoms with van der Waals surface area (Å²) < 4.78 is 11.6. The number of fused-ring (bicyclic) bond motifs is 1. The molecule has 1 aromatic carbocycles. The van der Waals surface area contributed by atoms with E-state index >= 15 is 0 Å². The molecule has 0 saturated carbocycles. The Labute approximate surface area is 131 Å². The second-order valence-corrected chi connectivity index (χ2v) is 6.86. The molecule has 22 heavy (non-hydrogen) atoms. The molecule has 4 nitrogen and oxygen atoms in total. The minimum absolute atomic E-state index is 0.162. The fourth-order valence-corrected chi connectivity index (χ4v) is 5.27. The van der Waals surface area contributed by atoms with Gasteiger partial charge in [-0.25, -0.2) is 0 Å². The molecule has 1 spiro atoms. The first-order valence-corrected chi connectivity index (χ1v) is 8.19. The highest BCUT2D eigenvalue weighted by atomic mass is 16.5. The summed E-state index contributed by atoms with van der Waals surface area (Å²) in [5.74, 6) is 2.04. The number of piperidine rings is 1. The van der Waals surface area contributed by atoms with Gasteiger partial charge in [-0.3, -0.25) is 4.79 Å². The van der Waals surface area contributed by atoms with Crippen LogP contribution >= 0.6 is 0 Å². The second-order valence-electron chi connectivity index (χ2n) is 6.86. The highest BCUT2D eigenvalue weighted by molar-refractivity contribution is 5.71. The first-order valence-electron chi connectivity index (χ1n) is 8.19. The van der Waals surface area contributed by atoms with E-state index in [1.807, 2.05) is 6.07 Å². The molecule has 4 heteroatoms. The third kappa shape index (κ3) is 1.49. The number of ether oxygens (including phenoxy) is 2. The van der Waals surface area contributed by atoms with Crippen LogP contribution in [-0.4, -0.2) is 44.0 Å². The molecule has 4 atom stereocenters. The van der Waals surface area contributed by atoms with Crippen molar-refractivity contribution in [2.75, 3.05) is 20.7 Å². The van der Waals surface area contributed by atoms with Gasteiger partial charge in [0.25, 0.3) is 0 Å². The Balaban J connectivity index is 2.00. The summed E-state index contributed by atoms with van der Waals surface area (Å²) in [6.45, 7) is 3.26. The molecule has 1 saturated heterocycles. The van der Waals surface area contributed by atoms with Gasteiger partial charge < -0.3 is 14.4 Å². The molecule has 2 bridgehead atoms. The molecule has 2 heterocycles. The molecular formula is C18H23NO3. The largest absolute Gasteiger partial charge is 0.493 e. The van der Waals surface area contributed by atoms with Crippen molar-refractivity contribution in [3.8, 4) is 11.5 Å². The Morgan fingerprint density at radius 3 is 3.00 bits per heavy atom. The predicted molar refractivity (Wildman–Crippen MR) is 83.7 cm³/mol. The van der Waals surface area contributed by atoms with Crippen molar-refractivity contribution in [1.82, 2.24) is 4.90 Å². The minimum Gasteiger partial charge on any atom is -0.493 e. The maximum atomic E-state index is 11.8. The lowest BCUT2D eigenvalue weighted by Gasteiger charge is -2.54. The van der Waals surface area contributed by atoms with E-state index in [-0.39, 0.29) is 11.5 Å². The third-order valence-corrected chi connectivity index (χ3v) is 6.21. The lowest BCUT2D eigenvalue weighted by molar-refractivity contribution is -0.119. The summed E-state index contributed by atoms with van der Waals surface area (Å²) in [7, 11) is 3.88. The Kier molecular flexibility index (Phi) is 3.02. The van der Waals surface area contributed by atoms with E-state index in [0.717, 1.165) is 43.6 Å². The van der Waals surface area contributed by atoms with Gasteiger partial charge in [0, 0.05) is 17.0 Å². The zero-order valence-electron chi connectivity index (χ0n) is 13.5. The van der Waals surface area contributed by atoms with Gasteiger partial charge in [0.05, 0.1) is 7.11 Å². The maximum Gasteiger partial charge on any atom is 0.166 e. The molecule has 3 aliphatic rings. The van der Waals surface area contributed by atoms with Crippen LogP contribution in [0.15, 0.2) is 12.1 Å². The van der Waals surface area contributed by atoms with Crippen LogP contribution in [0.3, 0.4) is 0 Å². The van der Waals surface area contributed by atoms with Crippen molar-refractivity contribution >= 4 is 6.29 Å². The summed E-state index contributed by atoms with van der Waals surface area (Å²) in [6, 6.07) is 4.65. The van der Waals surface area contributed by atoms with E-state index in [9.17, 15) is 4.79 Å². The minimum atomic E-state index is -0.376. The van der Waals surface area contributed by atoms with Gasteiger partial charge >= 0.3 is 0 Å². The second kappa shape index (κ2) is 4.72. The van der Waals surface area contributed by atoms with Crippen molar-refractivity contribution < 1.29 is 14.3 Å². The highest BCUT2D eigenvalue weighted by Gasteiger charge is 2.61. The van der Waals surface area contributed by atoms with Crippen molar-refractivity contribution in [2.45, 2.75) is 43.7 Å². The van der Waals surface area contributed by atoms with E-state index in [4.69, 9.17) is 9.47 Å². The van der Waals surface area contributed by atoms with Crippen LogP contribution in [0.1, 0.15) is 30.9 Å². The summed E-state index contributed by atoms with van der Waals surface area (Å²) in [5, 5.41) is 0. The van der Waals surface area contributed by atoms with Gasteiger partial charge in [-0.2, -0.15) is 0 Å². The van der Waals surface area contributed by atoms with E-state index in [0.29, 0.717) is 12.0 Å². The molecule has 0 N–H and O–H groups in total. The quantitative estimate of drug-likeness (QED) is 0.802. The molecule has 1 aliphatic carbocycles. The number of nitrogens with zero attached hydrogens (tertiary/aromatic N) is 1. The molecule has 0 aromatic heterocycles. The number of benzene rings is 1. The fourth-order valence-electron chi connectivity index (χ4n) is 5.27. The number of likely N-dealkylation sites (N-methyl/N-ethyl adjacent to an activating group) is 1. The molecule has 3 unspecified atom stereocenters. The van der Waals surface area contributed by atoms with Crippen LogP contribution < -0.4 is 9.47 Å². The molecular weight excluding hydrogens is 278 g/mol. The number of carbonyl (C=O) groups excluding carboxylic acids is 1. The lowest BCUT2D eigenvalue weighted by Crippen LogP contribution is -2.62. The van der Waals surface area contributed by atoms with Crippen LogP contribution in [0.5, 0.6) is 11.5 Å².